The largest absolute Gasteiger partial charge is 0.435 e. The Kier molecular flexibility index (Phi) is 6.77. The van der Waals surface area contributed by atoms with E-state index in [0.29, 0.717) is 23.4 Å². The van der Waals surface area contributed by atoms with Crippen LogP contribution in [-0.4, -0.2) is 19.9 Å². The molecule has 52 heavy (non-hydrogen) atoms. The Labute approximate surface area is 301 Å². The van der Waals surface area contributed by atoms with Crippen molar-refractivity contribution >= 4 is 21.9 Å². The van der Waals surface area contributed by atoms with Crippen LogP contribution in [0.2, 0.25) is 0 Å². The molecule has 5 heteroatoms. The van der Waals surface area contributed by atoms with Crippen molar-refractivity contribution in [3.63, 3.8) is 0 Å². The van der Waals surface area contributed by atoms with Crippen LogP contribution in [0.25, 0.3) is 89.7 Å². The Morgan fingerprint density at radius 1 is 0.423 bits per heavy atom. The van der Waals surface area contributed by atoms with Gasteiger partial charge >= 0.3 is 0 Å². The van der Waals surface area contributed by atoms with E-state index >= 15 is 0 Å². The molecule has 0 atom stereocenters. The molecule has 2 heterocycles. The molecule has 246 valence electrons. The maximum Gasteiger partial charge on any atom is 0.227 e. The molecule has 2 aromatic heterocycles. The molecule has 1 aliphatic rings. The molecule has 0 amide bonds. The molecule has 10 rings (SSSR count). The maximum atomic E-state index is 6.55. The quantitative estimate of drug-likeness (QED) is 0.183. The van der Waals surface area contributed by atoms with E-state index in [2.05, 4.69) is 98.8 Å². The first kappa shape index (κ1) is 30.1. The maximum absolute atomic E-state index is 6.55. The van der Waals surface area contributed by atoms with Gasteiger partial charge in [0.25, 0.3) is 0 Å². The minimum absolute atomic E-state index is 0.145. The third kappa shape index (κ3) is 4.78. The minimum atomic E-state index is -0.145. The van der Waals surface area contributed by atoms with Crippen LogP contribution in [0.3, 0.4) is 0 Å². The first-order chi connectivity index (χ1) is 25.5. The summed E-state index contributed by atoms with van der Waals surface area (Å²) < 4.78 is 6.55. The highest BCUT2D eigenvalue weighted by Crippen LogP contribution is 2.49. The standard InChI is InChI=1S/C47H32N4O/c1-47(2)38-23-12-11-20-34(38)35-26-24-32(28-39(35)47)44-49-43(30-14-5-3-6-15-30)50-45(51-44)37-21-10-9-19-33(37)36-22-13-18-29-25-27-40-42(41(29)36)52-46(48-40)31-16-7-4-8-17-31/h3-28H,1-2H3. The zero-order valence-corrected chi connectivity index (χ0v) is 28.7. The summed E-state index contributed by atoms with van der Waals surface area (Å²) in [5.74, 6) is 2.47. The Hall–Kier alpha value is -6.72. The van der Waals surface area contributed by atoms with E-state index in [1.54, 1.807) is 0 Å². The number of aromatic nitrogens is 4. The molecule has 9 aromatic rings. The average molecular weight is 669 g/mol. The molecule has 0 saturated heterocycles. The van der Waals surface area contributed by atoms with Gasteiger partial charge in [0.2, 0.25) is 5.89 Å². The molecule has 1 aliphatic carbocycles. The van der Waals surface area contributed by atoms with Crippen molar-refractivity contribution in [1.82, 2.24) is 19.9 Å². The van der Waals surface area contributed by atoms with Gasteiger partial charge < -0.3 is 4.42 Å². The summed E-state index contributed by atoms with van der Waals surface area (Å²) in [4.78, 5) is 20.4. The van der Waals surface area contributed by atoms with Gasteiger partial charge in [-0.1, -0.05) is 147 Å². The van der Waals surface area contributed by atoms with Gasteiger partial charge in [-0.05, 0) is 63.0 Å². The molecule has 0 radical (unpaired) electrons. The Morgan fingerprint density at radius 3 is 1.83 bits per heavy atom. The average Bonchev–Trinajstić information content (AvgIpc) is 3.75. The molecule has 0 aliphatic heterocycles. The summed E-state index contributed by atoms with van der Waals surface area (Å²) in [5.41, 5.74) is 12.3. The number of nitrogens with zero attached hydrogens (tertiary/aromatic N) is 4. The van der Waals surface area contributed by atoms with Crippen molar-refractivity contribution in [2.75, 3.05) is 0 Å². The normalized spacial score (nSPS) is 13.0. The molecular weight excluding hydrogens is 637 g/mol. The lowest BCUT2D eigenvalue weighted by Gasteiger charge is -2.21. The number of fused-ring (bicyclic) bond motifs is 6. The van der Waals surface area contributed by atoms with Crippen LogP contribution in [0, 0.1) is 0 Å². The highest BCUT2D eigenvalue weighted by Gasteiger charge is 2.35. The molecule has 0 saturated carbocycles. The van der Waals surface area contributed by atoms with E-state index in [1.165, 1.54) is 22.3 Å². The van der Waals surface area contributed by atoms with Crippen LogP contribution in [-0.2, 0) is 5.41 Å². The second kappa shape index (κ2) is 11.7. The fraction of sp³-hybridized carbons (Fsp3) is 0.0638. The first-order valence-corrected chi connectivity index (χ1v) is 17.6. The van der Waals surface area contributed by atoms with E-state index in [4.69, 9.17) is 24.4 Å². The summed E-state index contributed by atoms with van der Waals surface area (Å²) in [6.07, 6.45) is 0. The van der Waals surface area contributed by atoms with E-state index in [0.717, 1.165) is 55.3 Å². The molecule has 7 aromatic carbocycles. The third-order valence-corrected chi connectivity index (χ3v) is 10.4. The molecule has 0 bridgehead atoms. The van der Waals surface area contributed by atoms with Gasteiger partial charge in [-0.15, -0.1) is 0 Å². The lowest BCUT2D eigenvalue weighted by molar-refractivity contribution is 0.623. The van der Waals surface area contributed by atoms with E-state index < -0.39 is 0 Å². The van der Waals surface area contributed by atoms with Crippen LogP contribution in [0.1, 0.15) is 25.0 Å². The van der Waals surface area contributed by atoms with Crippen molar-refractivity contribution < 1.29 is 4.42 Å². The Bertz CT molecular complexity index is 2820. The highest BCUT2D eigenvalue weighted by molar-refractivity contribution is 6.12. The SMILES string of the molecule is CC1(C)c2ccccc2-c2ccc(-c3nc(-c4ccccc4)nc(-c4ccccc4-c4cccc5ccc6nc(-c7ccccc7)oc6c45)n3)cc21. The number of oxazole rings is 1. The molecule has 0 unspecified atom stereocenters. The predicted molar refractivity (Wildman–Crippen MR) is 210 cm³/mol. The minimum Gasteiger partial charge on any atom is -0.435 e. The summed E-state index contributed by atoms with van der Waals surface area (Å²) in [7, 11) is 0. The zero-order valence-electron chi connectivity index (χ0n) is 28.7. The molecule has 0 spiro atoms. The number of hydrogen-bond donors (Lipinski definition) is 0. The number of benzene rings is 7. The molecule has 5 nitrogen and oxygen atoms in total. The monoisotopic (exact) mass is 668 g/mol. The van der Waals surface area contributed by atoms with Gasteiger partial charge in [0.1, 0.15) is 5.52 Å². The number of rotatable bonds is 5. The fourth-order valence-corrected chi connectivity index (χ4v) is 7.78. The zero-order chi connectivity index (χ0) is 34.8. The van der Waals surface area contributed by atoms with Crippen molar-refractivity contribution in [1.29, 1.82) is 0 Å². The van der Waals surface area contributed by atoms with Crippen LogP contribution in [0.4, 0.5) is 0 Å². The predicted octanol–water partition coefficient (Wildman–Crippen LogP) is 11.8. The van der Waals surface area contributed by atoms with E-state index in [9.17, 15) is 0 Å². The Balaban J connectivity index is 1.17. The fourth-order valence-electron chi connectivity index (χ4n) is 7.78. The Morgan fingerprint density at radius 2 is 1.04 bits per heavy atom. The van der Waals surface area contributed by atoms with E-state index in [-0.39, 0.29) is 5.41 Å². The molecule has 0 fully saturated rings. The third-order valence-electron chi connectivity index (χ3n) is 10.4. The van der Waals surface area contributed by atoms with Gasteiger partial charge in [0, 0.05) is 33.1 Å². The van der Waals surface area contributed by atoms with Crippen molar-refractivity contribution in [3.8, 4) is 67.9 Å². The summed E-state index contributed by atoms with van der Waals surface area (Å²) in [5, 5.41) is 2.07. The smallest absolute Gasteiger partial charge is 0.227 e. The van der Waals surface area contributed by atoms with Crippen LogP contribution in [0.5, 0.6) is 0 Å². The van der Waals surface area contributed by atoms with Crippen molar-refractivity contribution in [2.45, 2.75) is 19.3 Å². The van der Waals surface area contributed by atoms with Gasteiger partial charge in [-0.2, -0.15) is 0 Å². The van der Waals surface area contributed by atoms with Crippen LogP contribution >= 0.6 is 0 Å². The first-order valence-electron chi connectivity index (χ1n) is 17.6. The van der Waals surface area contributed by atoms with Gasteiger partial charge in [0.15, 0.2) is 23.1 Å². The second-order valence-electron chi connectivity index (χ2n) is 13.9. The summed E-state index contributed by atoms with van der Waals surface area (Å²) in [6, 6.07) is 54.4. The topological polar surface area (TPSA) is 64.7 Å². The second-order valence-corrected chi connectivity index (χ2v) is 13.9. The van der Waals surface area contributed by atoms with Crippen LogP contribution in [0.15, 0.2) is 162 Å². The molecule has 0 N–H and O–H groups in total. The van der Waals surface area contributed by atoms with Crippen molar-refractivity contribution in [2.24, 2.45) is 0 Å². The lowest BCUT2D eigenvalue weighted by Crippen LogP contribution is -2.15. The van der Waals surface area contributed by atoms with Gasteiger partial charge in [-0.25, -0.2) is 19.9 Å². The van der Waals surface area contributed by atoms with Gasteiger partial charge in [-0.3, -0.25) is 0 Å². The van der Waals surface area contributed by atoms with Gasteiger partial charge in [0.05, 0.1) is 0 Å². The summed E-state index contributed by atoms with van der Waals surface area (Å²) in [6.45, 7) is 4.59. The number of hydrogen-bond acceptors (Lipinski definition) is 5. The summed E-state index contributed by atoms with van der Waals surface area (Å²) >= 11 is 0. The lowest BCUT2D eigenvalue weighted by atomic mass is 9.82. The highest BCUT2D eigenvalue weighted by atomic mass is 16.3. The molecular formula is C47H32N4O. The van der Waals surface area contributed by atoms with Crippen molar-refractivity contribution in [3.05, 3.63) is 169 Å². The van der Waals surface area contributed by atoms with E-state index in [1.807, 2.05) is 72.8 Å². The van der Waals surface area contributed by atoms with Crippen LogP contribution < -0.4 is 0 Å².